The molecule has 0 bridgehead atoms. The highest BCUT2D eigenvalue weighted by Gasteiger charge is 2.22. The van der Waals surface area contributed by atoms with Gasteiger partial charge in [0.1, 0.15) is 11.6 Å². The first-order valence-electron chi connectivity index (χ1n) is 9.33. The Labute approximate surface area is 153 Å². The Morgan fingerprint density at radius 2 is 2.15 bits per heavy atom. The number of nitrogens with zero attached hydrogens (tertiary/aromatic N) is 5. The number of hydrogen-bond acceptors (Lipinski definition) is 8. The number of likely N-dealkylation sites (tertiary alicyclic amines) is 1. The topological polar surface area (TPSA) is 79.5 Å². The molecule has 8 heteroatoms. The minimum atomic E-state index is 0.379. The molecule has 8 nitrogen and oxygen atoms in total. The van der Waals surface area contributed by atoms with Crippen molar-refractivity contribution < 1.29 is 9.26 Å². The zero-order chi connectivity index (χ0) is 17.8. The number of aromatic nitrogens is 3. The molecule has 0 saturated carbocycles. The number of ether oxygens (including phenoxy) is 1. The zero-order valence-corrected chi connectivity index (χ0v) is 15.2. The minimum Gasteiger partial charge on any atom is -0.378 e. The van der Waals surface area contributed by atoms with Crippen molar-refractivity contribution in [2.45, 2.75) is 32.4 Å². The maximum Gasteiger partial charge on any atom is 0.227 e. The van der Waals surface area contributed by atoms with Gasteiger partial charge in [-0.2, -0.15) is 4.98 Å². The molecule has 0 radical (unpaired) electrons. The van der Waals surface area contributed by atoms with Crippen LogP contribution in [0.25, 0.3) is 0 Å². The van der Waals surface area contributed by atoms with Gasteiger partial charge in [0, 0.05) is 44.5 Å². The highest BCUT2D eigenvalue weighted by Crippen LogP contribution is 2.18. The number of piperidine rings is 1. The van der Waals surface area contributed by atoms with E-state index in [-0.39, 0.29) is 0 Å². The highest BCUT2D eigenvalue weighted by atomic mass is 16.5. The number of hydrogen-bond donors (Lipinski definition) is 1. The molecule has 2 aliphatic rings. The van der Waals surface area contributed by atoms with E-state index in [1.807, 2.05) is 25.3 Å². The Hall–Kier alpha value is -2.19. The van der Waals surface area contributed by atoms with Gasteiger partial charge in [-0.1, -0.05) is 5.16 Å². The van der Waals surface area contributed by atoms with Crippen molar-refractivity contribution in [3.8, 4) is 0 Å². The molecule has 26 heavy (non-hydrogen) atoms. The average Bonchev–Trinajstić information content (AvgIpc) is 3.08. The number of nitrogens with one attached hydrogen (secondary N) is 1. The van der Waals surface area contributed by atoms with E-state index < -0.39 is 0 Å². The van der Waals surface area contributed by atoms with Crippen LogP contribution in [0.2, 0.25) is 0 Å². The van der Waals surface area contributed by atoms with Crippen molar-refractivity contribution in [1.29, 1.82) is 0 Å². The van der Waals surface area contributed by atoms with E-state index in [9.17, 15) is 0 Å². The molecule has 2 aromatic rings. The van der Waals surface area contributed by atoms with Gasteiger partial charge in [0.15, 0.2) is 0 Å². The number of anilines is 2. The predicted molar refractivity (Wildman–Crippen MR) is 98.2 cm³/mol. The van der Waals surface area contributed by atoms with Crippen LogP contribution in [0.15, 0.2) is 22.9 Å². The second-order valence-electron chi connectivity index (χ2n) is 6.99. The van der Waals surface area contributed by atoms with E-state index in [4.69, 9.17) is 14.2 Å². The van der Waals surface area contributed by atoms with Crippen molar-refractivity contribution >= 4 is 11.8 Å². The highest BCUT2D eigenvalue weighted by molar-refractivity contribution is 5.42. The van der Waals surface area contributed by atoms with Gasteiger partial charge >= 0.3 is 0 Å². The van der Waals surface area contributed by atoms with Gasteiger partial charge in [0.05, 0.1) is 18.9 Å². The van der Waals surface area contributed by atoms with Crippen LogP contribution in [0.5, 0.6) is 0 Å². The standard InChI is InChI=1S/C18H26N6O2/c1-14-11-16(22-26-14)13-23-6-2-3-15(12-23)20-17-4-5-19-18(21-17)24-7-9-25-10-8-24/h4-5,11,15H,2-3,6-10,12-13H2,1H3,(H,19,20,21). The van der Waals surface area contributed by atoms with E-state index in [0.717, 1.165) is 82.0 Å². The first-order chi connectivity index (χ1) is 12.8. The molecule has 1 N–H and O–H groups in total. The van der Waals surface area contributed by atoms with E-state index in [0.29, 0.717) is 6.04 Å². The van der Waals surface area contributed by atoms with Crippen LogP contribution in [0.4, 0.5) is 11.8 Å². The van der Waals surface area contributed by atoms with E-state index in [1.54, 1.807) is 0 Å². The van der Waals surface area contributed by atoms with E-state index in [1.165, 1.54) is 0 Å². The quantitative estimate of drug-likeness (QED) is 0.865. The average molecular weight is 358 g/mol. The van der Waals surface area contributed by atoms with Crippen LogP contribution in [0, 0.1) is 6.92 Å². The molecule has 1 atom stereocenters. The predicted octanol–water partition coefficient (Wildman–Crippen LogP) is 1.69. The van der Waals surface area contributed by atoms with Gasteiger partial charge in [-0.25, -0.2) is 4.98 Å². The number of morpholine rings is 1. The summed E-state index contributed by atoms with van der Waals surface area (Å²) in [5.74, 6) is 2.54. The van der Waals surface area contributed by atoms with Crippen molar-refractivity contribution in [1.82, 2.24) is 20.0 Å². The molecule has 4 heterocycles. The third-order valence-electron chi connectivity index (χ3n) is 4.86. The van der Waals surface area contributed by atoms with Crippen molar-refractivity contribution in [2.24, 2.45) is 0 Å². The largest absolute Gasteiger partial charge is 0.378 e. The Morgan fingerprint density at radius 3 is 2.96 bits per heavy atom. The van der Waals surface area contributed by atoms with Gasteiger partial charge in [-0.05, 0) is 32.4 Å². The summed E-state index contributed by atoms with van der Waals surface area (Å²) in [5.41, 5.74) is 1.000. The monoisotopic (exact) mass is 358 g/mol. The minimum absolute atomic E-state index is 0.379. The summed E-state index contributed by atoms with van der Waals surface area (Å²) < 4.78 is 10.6. The maximum atomic E-state index is 5.40. The Kier molecular flexibility index (Phi) is 5.31. The van der Waals surface area contributed by atoms with Crippen LogP contribution in [0.3, 0.4) is 0 Å². The van der Waals surface area contributed by atoms with Crippen LogP contribution in [-0.4, -0.2) is 65.5 Å². The van der Waals surface area contributed by atoms with E-state index in [2.05, 4.69) is 25.3 Å². The van der Waals surface area contributed by atoms with Crippen molar-refractivity contribution in [3.63, 3.8) is 0 Å². The van der Waals surface area contributed by atoms with Gasteiger partial charge < -0.3 is 19.5 Å². The molecule has 0 amide bonds. The Bertz CT molecular complexity index is 715. The van der Waals surface area contributed by atoms with Gasteiger partial charge in [-0.15, -0.1) is 0 Å². The molecule has 140 valence electrons. The first-order valence-corrected chi connectivity index (χ1v) is 9.33. The lowest BCUT2D eigenvalue weighted by atomic mass is 10.1. The van der Waals surface area contributed by atoms with Crippen LogP contribution in [0.1, 0.15) is 24.3 Å². The van der Waals surface area contributed by atoms with E-state index >= 15 is 0 Å². The fourth-order valence-electron chi connectivity index (χ4n) is 3.59. The molecule has 0 aromatic carbocycles. The zero-order valence-electron chi connectivity index (χ0n) is 15.2. The smallest absolute Gasteiger partial charge is 0.227 e. The Balaban J connectivity index is 1.35. The summed E-state index contributed by atoms with van der Waals surface area (Å²) in [5, 5.41) is 7.70. The third-order valence-corrected chi connectivity index (χ3v) is 4.86. The summed E-state index contributed by atoms with van der Waals surface area (Å²) in [6.07, 6.45) is 4.14. The lowest BCUT2D eigenvalue weighted by Gasteiger charge is -2.33. The second-order valence-corrected chi connectivity index (χ2v) is 6.99. The number of rotatable bonds is 5. The molecular formula is C18H26N6O2. The van der Waals surface area contributed by atoms with Crippen molar-refractivity contribution in [2.75, 3.05) is 49.6 Å². The lowest BCUT2D eigenvalue weighted by Crippen LogP contribution is -2.42. The van der Waals surface area contributed by atoms with Gasteiger partial charge in [0.2, 0.25) is 5.95 Å². The van der Waals surface area contributed by atoms with Crippen LogP contribution < -0.4 is 10.2 Å². The molecule has 2 aromatic heterocycles. The molecular weight excluding hydrogens is 332 g/mol. The fraction of sp³-hybridized carbons (Fsp3) is 0.611. The normalized spacial score (nSPS) is 21.7. The second kappa shape index (κ2) is 8.01. The van der Waals surface area contributed by atoms with Gasteiger partial charge in [-0.3, -0.25) is 4.90 Å². The molecule has 2 fully saturated rings. The summed E-state index contributed by atoms with van der Waals surface area (Å²) in [7, 11) is 0. The SMILES string of the molecule is Cc1cc(CN2CCCC(Nc3ccnc(N4CCOCC4)n3)C2)no1. The number of aryl methyl sites for hydroxylation is 1. The summed E-state index contributed by atoms with van der Waals surface area (Å²) in [6.45, 7) is 7.99. The first kappa shape index (κ1) is 17.2. The molecule has 2 saturated heterocycles. The summed E-state index contributed by atoms with van der Waals surface area (Å²) in [6, 6.07) is 4.34. The van der Waals surface area contributed by atoms with Gasteiger partial charge in [0.25, 0.3) is 0 Å². The molecule has 0 aliphatic carbocycles. The third kappa shape index (κ3) is 4.31. The summed E-state index contributed by atoms with van der Waals surface area (Å²) in [4.78, 5) is 13.7. The molecule has 0 spiro atoms. The lowest BCUT2D eigenvalue weighted by molar-refractivity contribution is 0.122. The van der Waals surface area contributed by atoms with Crippen molar-refractivity contribution in [3.05, 3.63) is 29.8 Å². The fourth-order valence-corrected chi connectivity index (χ4v) is 3.59. The summed E-state index contributed by atoms with van der Waals surface area (Å²) >= 11 is 0. The molecule has 2 aliphatic heterocycles. The molecule has 1 unspecified atom stereocenters. The Morgan fingerprint density at radius 1 is 1.27 bits per heavy atom. The maximum absolute atomic E-state index is 5.40. The van der Waals surface area contributed by atoms with Crippen LogP contribution in [-0.2, 0) is 11.3 Å². The van der Waals surface area contributed by atoms with Crippen LogP contribution >= 0.6 is 0 Å². The molecule has 4 rings (SSSR count).